The Morgan fingerprint density at radius 3 is 0.990 bits per heavy atom. The lowest BCUT2D eigenvalue weighted by atomic mass is 9.89. The minimum absolute atomic E-state index is 1.10. The van der Waals surface area contributed by atoms with Crippen LogP contribution < -0.4 is 15.1 Å². The van der Waals surface area contributed by atoms with Crippen molar-refractivity contribution in [3.8, 4) is 33.4 Å². The van der Waals surface area contributed by atoms with Crippen LogP contribution in [0.3, 0.4) is 0 Å². The van der Waals surface area contributed by atoms with Crippen molar-refractivity contribution in [3.05, 3.63) is 409 Å². The zero-order valence-electron chi connectivity index (χ0n) is 56.3. The first kappa shape index (κ1) is 64.0. The van der Waals surface area contributed by atoms with Gasteiger partial charge < -0.3 is 15.1 Å². The van der Waals surface area contributed by atoms with Gasteiger partial charge in [-0.15, -0.1) is 0 Å². The van der Waals surface area contributed by atoms with Crippen molar-refractivity contribution < 1.29 is 0 Å². The van der Waals surface area contributed by atoms with Crippen molar-refractivity contribution in [1.82, 2.24) is 0 Å². The summed E-state index contributed by atoms with van der Waals surface area (Å²) in [5, 5.41) is 23.6. The van der Waals surface area contributed by atoms with Crippen LogP contribution in [0.1, 0.15) is 0 Å². The van der Waals surface area contributed by atoms with E-state index in [1.807, 2.05) is 24.3 Å². The second kappa shape index (κ2) is 28.7. The van der Waals surface area contributed by atoms with Gasteiger partial charge in [0.25, 0.3) is 0 Å². The van der Waals surface area contributed by atoms with Gasteiger partial charge in [-0.25, -0.2) is 0 Å². The molecule has 488 valence electrons. The zero-order chi connectivity index (χ0) is 69.0. The number of anilines is 8. The molecule has 103 heavy (non-hydrogen) atoms. The van der Waals surface area contributed by atoms with E-state index < -0.39 is 0 Å². The molecule has 19 rings (SSSR count). The largest absolute Gasteiger partial charge is 0.356 e. The smallest absolute Gasteiger partial charge is 0.0546 e. The van der Waals surface area contributed by atoms with E-state index >= 15 is 0 Å². The topological polar surface area (TPSA) is 18.5 Å². The lowest BCUT2D eigenvalue weighted by molar-refractivity contribution is 1.29. The van der Waals surface area contributed by atoms with Gasteiger partial charge in [-0.1, -0.05) is 323 Å². The number of hydrogen-bond donors (Lipinski definition) is 1. The van der Waals surface area contributed by atoms with Gasteiger partial charge in [0.1, 0.15) is 0 Å². The minimum atomic E-state index is 1.10. The van der Waals surface area contributed by atoms with Gasteiger partial charge in [0.05, 0.1) is 5.69 Å². The summed E-state index contributed by atoms with van der Waals surface area (Å²) in [7, 11) is 0. The second-order valence-corrected chi connectivity index (χ2v) is 27.6. The molecule has 3 nitrogen and oxygen atoms in total. The fourth-order valence-electron chi connectivity index (χ4n) is 14.8. The van der Waals surface area contributed by atoms with Crippen molar-refractivity contribution in [2.45, 2.75) is 0 Å². The highest BCUT2D eigenvalue weighted by molar-refractivity contribution is 9.11. The molecule has 0 spiro atoms. The second-order valence-electron chi connectivity index (χ2n) is 25.8. The van der Waals surface area contributed by atoms with Crippen LogP contribution in [-0.4, -0.2) is 0 Å². The molecule has 0 radical (unpaired) electrons. The molecular formula is C98H67Br2N3. The maximum atomic E-state index is 3.77. The lowest BCUT2D eigenvalue weighted by Gasteiger charge is -2.28. The van der Waals surface area contributed by atoms with E-state index in [1.165, 1.54) is 120 Å². The predicted octanol–water partition coefficient (Wildman–Crippen LogP) is 29.5. The van der Waals surface area contributed by atoms with Crippen LogP contribution in [0.25, 0.3) is 120 Å². The van der Waals surface area contributed by atoms with Crippen LogP contribution in [0.5, 0.6) is 0 Å². The Hall–Kier alpha value is -12.4. The summed E-state index contributed by atoms with van der Waals surface area (Å²) in [5.41, 5.74) is 16.2. The summed E-state index contributed by atoms with van der Waals surface area (Å²) in [4.78, 5) is 4.79. The molecule has 0 fully saturated rings. The summed E-state index contributed by atoms with van der Waals surface area (Å²) in [5.74, 6) is 0. The molecule has 5 heteroatoms. The van der Waals surface area contributed by atoms with Crippen molar-refractivity contribution >= 4 is 164 Å². The van der Waals surface area contributed by atoms with Gasteiger partial charge in [-0.3, -0.25) is 0 Å². The number of halogens is 2. The molecule has 0 aliphatic rings. The Kier molecular flexibility index (Phi) is 17.8. The first-order chi connectivity index (χ1) is 50.9. The Labute approximate surface area is 616 Å². The first-order valence-electron chi connectivity index (χ1n) is 34.8. The monoisotopic (exact) mass is 1440 g/mol. The van der Waals surface area contributed by atoms with Crippen LogP contribution >= 0.6 is 31.9 Å². The molecule has 0 heterocycles. The van der Waals surface area contributed by atoms with Gasteiger partial charge in [-0.05, 0) is 223 Å². The van der Waals surface area contributed by atoms with Crippen molar-refractivity contribution in [2.24, 2.45) is 0 Å². The van der Waals surface area contributed by atoms with Crippen LogP contribution in [0.15, 0.2) is 409 Å². The van der Waals surface area contributed by atoms with E-state index in [1.54, 1.807) is 0 Å². The van der Waals surface area contributed by atoms with Crippen molar-refractivity contribution in [3.63, 3.8) is 0 Å². The van der Waals surface area contributed by atoms with Crippen LogP contribution in [0.2, 0.25) is 0 Å². The molecule has 0 saturated carbocycles. The summed E-state index contributed by atoms with van der Waals surface area (Å²) in [6.45, 7) is 0. The van der Waals surface area contributed by atoms with Crippen molar-refractivity contribution in [1.29, 1.82) is 0 Å². The van der Waals surface area contributed by atoms with Gasteiger partial charge in [-0.2, -0.15) is 0 Å². The normalized spacial score (nSPS) is 11.2. The number of fused-ring (bicyclic) bond motifs is 16. The number of nitrogens with zero attached hydrogens (tertiary/aromatic N) is 2. The Balaban J connectivity index is 0.000000148. The Morgan fingerprint density at radius 1 is 0.184 bits per heavy atom. The number of nitrogens with one attached hydrogen (secondary N) is 1. The summed E-state index contributed by atoms with van der Waals surface area (Å²) >= 11 is 7.41. The molecule has 0 aliphatic heterocycles. The maximum Gasteiger partial charge on any atom is 0.0546 e. The molecule has 19 aromatic carbocycles. The molecule has 0 saturated heterocycles. The zero-order valence-corrected chi connectivity index (χ0v) is 59.4. The molecule has 0 bridgehead atoms. The number of hydrogen-bond acceptors (Lipinski definition) is 3. The van der Waals surface area contributed by atoms with E-state index in [-0.39, 0.29) is 0 Å². The average Bonchev–Trinajstić information content (AvgIpc) is 0.723. The van der Waals surface area contributed by atoms with Gasteiger partial charge in [0, 0.05) is 54.1 Å². The quantitative estimate of drug-likeness (QED) is 0.130. The first-order valence-corrected chi connectivity index (χ1v) is 36.4. The summed E-state index contributed by atoms with van der Waals surface area (Å²) < 4.78 is 2.26. The molecule has 0 unspecified atom stereocenters. The third kappa shape index (κ3) is 12.8. The molecule has 1 N–H and O–H groups in total. The highest BCUT2D eigenvalue weighted by Gasteiger charge is 2.22. The van der Waals surface area contributed by atoms with E-state index in [4.69, 9.17) is 0 Å². The van der Waals surface area contributed by atoms with Crippen LogP contribution in [0, 0.1) is 0 Å². The number of para-hydroxylation sites is 3. The van der Waals surface area contributed by atoms with Crippen molar-refractivity contribution in [2.75, 3.05) is 15.1 Å². The highest BCUT2D eigenvalue weighted by Crippen LogP contribution is 2.49. The standard InChI is InChI=1S/C58H40N2.C22H12Br2.C18H15N/c1-5-17-41(18-6-1)43-29-33-47(34-30-43)59(45-21-9-3-10-22-45)49-37-38-54-55(39-49)50-25-13-14-26-51(50)56-40-57(52-27-15-16-28-53(52)58(54)56)60(46-23-11-4-12-24-46)48-35-31-44(32-36-48)42-19-7-2-8-20-42;23-13-9-10-18-19(11-13)14-5-1-2-6-15(14)20-12-21(24)16-7-3-4-8-17(16)22(18)20;1-3-7-15(8-4-1)16-11-13-18(14-12-16)19-17-9-5-2-6-10-17/h1-40H;1-12H;1-14,19H. The third-order valence-electron chi connectivity index (χ3n) is 19.6. The Morgan fingerprint density at radius 2 is 0.495 bits per heavy atom. The average molecular weight is 1450 g/mol. The summed E-state index contributed by atoms with van der Waals surface area (Å²) in [6.07, 6.45) is 0. The van der Waals surface area contributed by atoms with E-state index in [2.05, 4.69) is 423 Å². The SMILES string of the molecule is Brc1ccc2c(c1)c1ccccc1c1cc(Br)c3ccccc3c21.c1ccc(-c2ccc(N(c3ccccc3)c3ccc4c(c3)c3ccccc3c3cc(N(c5ccccc5)c5ccc(-c6ccccc6)cc5)c5ccccc5c43)cc2)cc1.c1ccc(Nc2ccc(-c3ccccc3)cc2)cc1. The molecule has 0 atom stereocenters. The molecular weight excluding hydrogens is 1380 g/mol. The third-order valence-corrected chi connectivity index (χ3v) is 20.8. The van der Waals surface area contributed by atoms with Gasteiger partial charge >= 0.3 is 0 Å². The van der Waals surface area contributed by atoms with Crippen LogP contribution in [0.4, 0.5) is 45.5 Å². The van der Waals surface area contributed by atoms with E-state index in [9.17, 15) is 0 Å². The van der Waals surface area contributed by atoms with Gasteiger partial charge in [0.15, 0.2) is 0 Å². The molecule has 19 aromatic rings. The summed E-state index contributed by atoms with van der Waals surface area (Å²) in [6, 6.07) is 143. The Bertz CT molecular complexity index is 6240. The highest BCUT2D eigenvalue weighted by atomic mass is 79.9. The van der Waals surface area contributed by atoms with Gasteiger partial charge in [0.2, 0.25) is 0 Å². The fraction of sp³-hybridized carbons (Fsp3) is 0. The number of rotatable bonds is 11. The molecule has 0 aliphatic carbocycles. The fourth-order valence-corrected chi connectivity index (χ4v) is 15.7. The van der Waals surface area contributed by atoms with E-state index in [0.29, 0.717) is 0 Å². The van der Waals surface area contributed by atoms with Crippen LogP contribution in [-0.2, 0) is 0 Å². The lowest BCUT2D eigenvalue weighted by Crippen LogP contribution is -2.11. The minimum Gasteiger partial charge on any atom is -0.356 e. The van der Waals surface area contributed by atoms with E-state index in [0.717, 1.165) is 54.4 Å². The molecule has 0 amide bonds. The maximum absolute atomic E-state index is 3.77. The predicted molar refractivity (Wildman–Crippen MR) is 450 cm³/mol. The number of benzene rings is 19. The molecule has 0 aromatic heterocycles.